The molecule has 0 saturated heterocycles. The standard InChI is InChI=1S/C14H12FN3S/c1-9(18-11-2-3-14(15)17-8-11)10-6-13-12(16-7-10)4-5-19-13/h2-9,18H,1H3. The SMILES string of the molecule is CC(Nc1ccc(F)nc1)c1cnc2ccsc2c1. The lowest BCUT2D eigenvalue weighted by molar-refractivity contribution is 0.584. The van der Waals surface area contributed by atoms with Gasteiger partial charge in [0.2, 0.25) is 5.95 Å². The maximum Gasteiger partial charge on any atom is 0.212 e. The van der Waals surface area contributed by atoms with Crippen LogP contribution in [0.25, 0.3) is 10.2 Å². The smallest absolute Gasteiger partial charge is 0.212 e. The van der Waals surface area contributed by atoms with Crippen LogP contribution in [-0.2, 0) is 0 Å². The van der Waals surface area contributed by atoms with Crippen LogP contribution in [0.15, 0.2) is 42.0 Å². The average molecular weight is 273 g/mol. The van der Waals surface area contributed by atoms with Gasteiger partial charge in [0.1, 0.15) is 0 Å². The minimum atomic E-state index is -0.472. The molecule has 0 aromatic carbocycles. The largest absolute Gasteiger partial charge is 0.377 e. The highest BCUT2D eigenvalue weighted by molar-refractivity contribution is 7.17. The zero-order valence-electron chi connectivity index (χ0n) is 10.3. The van der Waals surface area contributed by atoms with Crippen LogP contribution in [0.1, 0.15) is 18.5 Å². The number of pyridine rings is 2. The van der Waals surface area contributed by atoms with E-state index in [0.717, 1.165) is 16.8 Å². The normalized spacial score (nSPS) is 12.5. The van der Waals surface area contributed by atoms with Crippen LogP contribution in [0.2, 0.25) is 0 Å². The van der Waals surface area contributed by atoms with Gasteiger partial charge in [0, 0.05) is 6.20 Å². The zero-order valence-corrected chi connectivity index (χ0v) is 11.1. The molecule has 3 nitrogen and oxygen atoms in total. The lowest BCUT2D eigenvalue weighted by Crippen LogP contribution is -2.07. The number of nitrogens with zero attached hydrogens (tertiary/aromatic N) is 2. The average Bonchev–Trinajstić information content (AvgIpc) is 2.88. The Labute approximate surface area is 114 Å². The summed E-state index contributed by atoms with van der Waals surface area (Å²) in [5, 5.41) is 5.31. The molecule has 1 N–H and O–H groups in total. The maximum absolute atomic E-state index is 12.7. The van der Waals surface area contributed by atoms with E-state index in [2.05, 4.69) is 21.4 Å². The molecule has 0 amide bonds. The highest BCUT2D eigenvalue weighted by atomic mass is 32.1. The van der Waals surface area contributed by atoms with Crippen molar-refractivity contribution in [2.75, 3.05) is 5.32 Å². The van der Waals surface area contributed by atoms with E-state index in [1.54, 1.807) is 17.4 Å². The number of fused-ring (bicyclic) bond motifs is 1. The maximum atomic E-state index is 12.7. The van der Waals surface area contributed by atoms with Gasteiger partial charge in [0.25, 0.3) is 0 Å². The molecule has 0 aliphatic rings. The lowest BCUT2D eigenvalue weighted by Gasteiger charge is -2.15. The molecule has 3 rings (SSSR count). The fourth-order valence-corrected chi connectivity index (χ4v) is 2.68. The molecule has 1 atom stereocenters. The summed E-state index contributed by atoms with van der Waals surface area (Å²) in [6.07, 6.45) is 3.35. The third-order valence-corrected chi connectivity index (χ3v) is 3.79. The van der Waals surface area contributed by atoms with E-state index in [9.17, 15) is 4.39 Å². The highest BCUT2D eigenvalue weighted by Gasteiger charge is 2.08. The summed E-state index contributed by atoms with van der Waals surface area (Å²) in [6.45, 7) is 2.04. The minimum absolute atomic E-state index is 0.0891. The van der Waals surface area contributed by atoms with E-state index in [1.165, 1.54) is 17.0 Å². The fourth-order valence-electron chi connectivity index (χ4n) is 1.89. The lowest BCUT2D eigenvalue weighted by atomic mass is 10.1. The van der Waals surface area contributed by atoms with Gasteiger partial charge in [0.05, 0.1) is 28.1 Å². The predicted molar refractivity (Wildman–Crippen MR) is 75.9 cm³/mol. The van der Waals surface area contributed by atoms with E-state index in [0.29, 0.717) is 0 Å². The molecule has 3 aromatic rings. The first-order chi connectivity index (χ1) is 9.22. The third kappa shape index (κ3) is 2.56. The van der Waals surface area contributed by atoms with Gasteiger partial charge in [-0.25, -0.2) is 4.98 Å². The zero-order chi connectivity index (χ0) is 13.2. The molecule has 0 fully saturated rings. The van der Waals surface area contributed by atoms with Crippen molar-refractivity contribution in [3.8, 4) is 0 Å². The number of aromatic nitrogens is 2. The van der Waals surface area contributed by atoms with Crippen molar-refractivity contribution in [1.29, 1.82) is 0 Å². The second kappa shape index (κ2) is 4.93. The molecule has 0 aliphatic heterocycles. The Kier molecular flexibility index (Phi) is 3.13. The molecule has 0 spiro atoms. The van der Waals surface area contributed by atoms with Gasteiger partial charge in [0.15, 0.2) is 0 Å². The van der Waals surface area contributed by atoms with Crippen LogP contribution in [0, 0.1) is 5.95 Å². The predicted octanol–water partition coefficient (Wildman–Crippen LogP) is 4.00. The van der Waals surface area contributed by atoms with Crippen LogP contribution >= 0.6 is 11.3 Å². The van der Waals surface area contributed by atoms with E-state index in [1.807, 2.05) is 24.6 Å². The van der Waals surface area contributed by atoms with E-state index in [-0.39, 0.29) is 6.04 Å². The summed E-state index contributed by atoms with van der Waals surface area (Å²) < 4.78 is 13.9. The molecule has 96 valence electrons. The summed E-state index contributed by atoms with van der Waals surface area (Å²) >= 11 is 1.67. The second-order valence-corrected chi connectivity index (χ2v) is 5.26. The quantitative estimate of drug-likeness (QED) is 0.733. The number of halogens is 1. The summed E-state index contributed by atoms with van der Waals surface area (Å²) in [5.41, 5.74) is 2.91. The molecule has 0 aliphatic carbocycles. The first kappa shape index (κ1) is 12.0. The molecule has 3 heterocycles. The molecule has 0 bridgehead atoms. The summed E-state index contributed by atoms with van der Waals surface area (Å²) in [6, 6.07) is 7.24. The van der Waals surface area contributed by atoms with Crippen molar-refractivity contribution in [2.45, 2.75) is 13.0 Å². The molecule has 0 radical (unpaired) electrons. The van der Waals surface area contributed by atoms with Gasteiger partial charge in [-0.1, -0.05) is 0 Å². The first-order valence-corrected chi connectivity index (χ1v) is 6.81. The Hall–Kier alpha value is -2.01. The van der Waals surface area contributed by atoms with Crippen molar-refractivity contribution in [3.63, 3.8) is 0 Å². The molecular weight excluding hydrogens is 261 g/mol. The number of thiophene rings is 1. The Morgan fingerprint density at radius 2 is 2.11 bits per heavy atom. The fraction of sp³-hybridized carbons (Fsp3) is 0.143. The number of rotatable bonds is 3. The number of hydrogen-bond acceptors (Lipinski definition) is 4. The summed E-state index contributed by atoms with van der Waals surface area (Å²) in [5.74, 6) is -0.472. The number of hydrogen-bond donors (Lipinski definition) is 1. The number of nitrogens with one attached hydrogen (secondary N) is 1. The van der Waals surface area contributed by atoms with Crippen LogP contribution in [0.4, 0.5) is 10.1 Å². The van der Waals surface area contributed by atoms with Crippen molar-refractivity contribution in [1.82, 2.24) is 9.97 Å². The van der Waals surface area contributed by atoms with Crippen molar-refractivity contribution in [2.24, 2.45) is 0 Å². The van der Waals surface area contributed by atoms with E-state index >= 15 is 0 Å². The molecule has 0 saturated carbocycles. The number of anilines is 1. The molecule has 3 aromatic heterocycles. The first-order valence-electron chi connectivity index (χ1n) is 5.93. The minimum Gasteiger partial charge on any atom is -0.377 e. The van der Waals surface area contributed by atoms with Gasteiger partial charge in [-0.3, -0.25) is 4.98 Å². The molecule has 1 unspecified atom stereocenters. The Morgan fingerprint density at radius 3 is 2.89 bits per heavy atom. The summed E-state index contributed by atoms with van der Waals surface area (Å²) in [4.78, 5) is 8.04. The van der Waals surface area contributed by atoms with Gasteiger partial charge in [-0.15, -0.1) is 11.3 Å². The van der Waals surface area contributed by atoms with E-state index < -0.39 is 5.95 Å². The van der Waals surface area contributed by atoms with Crippen molar-refractivity contribution < 1.29 is 4.39 Å². The highest BCUT2D eigenvalue weighted by Crippen LogP contribution is 2.24. The van der Waals surface area contributed by atoms with Gasteiger partial charge >= 0.3 is 0 Å². The Balaban J connectivity index is 1.82. The second-order valence-electron chi connectivity index (χ2n) is 4.31. The Bertz CT molecular complexity index is 693. The van der Waals surface area contributed by atoms with Gasteiger partial charge < -0.3 is 5.32 Å². The van der Waals surface area contributed by atoms with Crippen LogP contribution in [-0.4, -0.2) is 9.97 Å². The third-order valence-electron chi connectivity index (χ3n) is 2.93. The monoisotopic (exact) mass is 273 g/mol. The van der Waals surface area contributed by atoms with Gasteiger partial charge in [-0.2, -0.15) is 4.39 Å². The van der Waals surface area contributed by atoms with Crippen molar-refractivity contribution >= 4 is 27.2 Å². The molecular formula is C14H12FN3S. The van der Waals surface area contributed by atoms with Crippen LogP contribution < -0.4 is 5.32 Å². The molecule has 5 heteroatoms. The Morgan fingerprint density at radius 1 is 1.21 bits per heavy atom. The molecule has 19 heavy (non-hydrogen) atoms. The topological polar surface area (TPSA) is 37.8 Å². The van der Waals surface area contributed by atoms with Crippen LogP contribution in [0.5, 0.6) is 0 Å². The van der Waals surface area contributed by atoms with Crippen molar-refractivity contribution in [3.05, 3.63) is 53.6 Å². The van der Waals surface area contributed by atoms with Crippen LogP contribution in [0.3, 0.4) is 0 Å². The van der Waals surface area contributed by atoms with Gasteiger partial charge in [-0.05, 0) is 42.1 Å². The van der Waals surface area contributed by atoms with E-state index in [4.69, 9.17) is 0 Å². The summed E-state index contributed by atoms with van der Waals surface area (Å²) in [7, 11) is 0.